The Labute approximate surface area is 183 Å². The Morgan fingerprint density at radius 1 is 0.967 bits per heavy atom. The molecule has 0 unspecified atom stereocenters. The van der Waals surface area contributed by atoms with Crippen LogP contribution in [0.25, 0.3) is 0 Å². The number of benzene rings is 3. The molecule has 0 aliphatic carbocycles. The summed E-state index contributed by atoms with van der Waals surface area (Å²) in [6, 6.07) is 25.6. The first-order valence-electron chi connectivity index (χ1n) is 9.35. The molecule has 0 fully saturated rings. The van der Waals surface area contributed by atoms with E-state index in [4.69, 9.17) is 4.74 Å². The van der Waals surface area contributed by atoms with Crippen molar-refractivity contribution in [3.63, 3.8) is 0 Å². The highest BCUT2D eigenvalue weighted by atomic mass is 32.2. The van der Waals surface area contributed by atoms with Gasteiger partial charge >= 0.3 is 0 Å². The predicted octanol–water partition coefficient (Wildman–Crippen LogP) is 5.30. The van der Waals surface area contributed by atoms with Crippen LogP contribution < -0.4 is 10.1 Å². The zero-order chi connectivity index (χ0) is 20.6. The van der Waals surface area contributed by atoms with Gasteiger partial charge in [0.1, 0.15) is 11.3 Å². The number of carbonyl (C=O) groups excluding carboxylic acids is 1. The second-order valence-electron chi connectivity index (χ2n) is 6.41. The summed E-state index contributed by atoms with van der Waals surface area (Å²) in [7, 11) is 0. The van der Waals surface area contributed by atoms with E-state index in [0.717, 1.165) is 26.9 Å². The van der Waals surface area contributed by atoms with Crippen LogP contribution in [0.4, 0.5) is 5.69 Å². The van der Waals surface area contributed by atoms with Gasteiger partial charge in [0, 0.05) is 11.3 Å². The fourth-order valence-electron chi connectivity index (χ4n) is 2.90. The van der Waals surface area contributed by atoms with Crippen molar-refractivity contribution >= 4 is 34.7 Å². The van der Waals surface area contributed by atoms with Crippen molar-refractivity contribution in [3.8, 4) is 5.75 Å². The fraction of sp³-hybridized carbons (Fsp3) is 0.0870. The molecule has 1 N–H and O–H groups in total. The summed E-state index contributed by atoms with van der Waals surface area (Å²) in [6.45, 7) is -0.0659. The second-order valence-corrected chi connectivity index (χ2v) is 8.53. The summed E-state index contributed by atoms with van der Waals surface area (Å²) >= 11 is 2.93. The van der Waals surface area contributed by atoms with Crippen molar-refractivity contribution in [1.82, 2.24) is 10.2 Å². The Bertz CT molecular complexity index is 1100. The lowest BCUT2D eigenvalue weighted by atomic mass is 10.0. The van der Waals surface area contributed by atoms with Crippen molar-refractivity contribution in [2.75, 3.05) is 11.9 Å². The number of rotatable bonds is 8. The van der Waals surface area contributed by atoms with Crippen LogP contribution in [0.1, 0.15) is 11.1 Å². The van der Waals surface area contributed by atoms with Crippen molar-refractivity contribution in [3.05, 3.63) is 95.5 Å². The molecule has 0 atom stereocenters. The lowest BCUT2D eigenvalue weighted by Gasteiger charge is -2.13. The maximum Gasteiger partial charge on any atom is 0.262 e. The molecule has 5 nitrogen and oxygen atoms in total. The monoisotopic (exact) mass is 433 g/mol. The molecule has 1 aromatic heterocycles. The molecule has 4 aromatic rings. The van der Waals surface area contributed by atoms with Gasteiger partial charge in [-0.15, -0.1) is 10.2 Å². The van der Waals surface area contributed by atoms with Gasteiger partial charge < -0.3 is 10.1 Å². The minimum atomic E-state index is -0.213. The molecule has 0 spiro atoms. The van der Waals surface area contributed by atoms with Crippen LogP contribution in [0, 0.1) is 0 Å². The highest BCUT2D eigenvalue weighted by Gasteiger charge is 2.11. The Hall–Kier alpha value is -3.16. The van der Waals surface area contributed by atoms with Gasteiger partial charge in [0.15, 0.2) is 10.9 Å². The summed E-state index contributed by atoms with van der Waals surface area (Å²) in [5, 5.41) is 10.8. The summed E-state index contributed by atoms with van der Waals surface area (Å²) in [5.41, 5.74) is 4.65. The lowest BCUT2D eigenvalue weighted by Crippen LogP contribution is -2.20. The van der Waals surface area contributed by atoms with E-state index in [0.29, 0.717) is 5.75 Å². The quantitative estimate of drug-likeness (QED) is 0.409. The second kappa shape index (κ2) is 10.0. The number of carbonyl (C=O) groups is 1. The molecular formula is C23H19N3O2S2. The fourth-order valence-corrected chi connectivity index (χ4v) is 4.42. The van der Waals surface area contributed by atoms with E-state index in [-0.39, 0.29) is 12.5 Å². The molecule has 0 bridgehead atoms. The van der Waals surface area contributed by atoms with E-state index >= 15 is 0 Å². The van der Waals surface area contributed by atoms with E-state index in [1.165, 1.54) is 28.7 Å². The molecule has 7 heteroatoms. The smallest absolute Gasteiger partial charge is 0.262 e. The predicted molar refractivity (Wildman–Crippen MR) is 120 cm³/mol. The van der Waals surface area contributed by atoms with Gasteiger partial charge in [-0.2, -0.15) is 0 Å². The first kappa shape index (κ1) is 20.1. The van der Waals surface area contributed by atoms with Crippen molar-refractivity contribution < 1.29 is 9.53 Å². The molecule has 4 rings (SSSR count). The van der Waals surface area contributed by atoms with Crippen LogP contribution in [0.5, 0.6) is 5.75 Å². The summed E-state index contributed by atoms with van der Waals surface area (Å²) in [4.78, 5) is 13.4. The number of hydrogen-bond donors (Lipinski definition) is 1. The molecule has 0 radical (unpaired) electrons. The molecule has 30 heavy (non-hydrogen) atoms. The van der Waals surface area contributed by atoms with Crippen LogP contribution in [0.3, 0.4) is 0 Å². The SMILES string of the molecule is O=C(COc1ccccc1Cc1ccccc1)Nc1ccccc1Sc1nncs1. The maximum absolute atomic E-state index is 12.5. The Kier molecular flexibility index (Phi) is 6.74. The van der Waals surface area contributed by atoms with E-state index in [9.17, 15) is 4.79 Å². The van der Waals surface area contributed by atoms with Crippen LogP contribution in [0.2, 0.25) is 0 Å². The number of nitrogens with one attached hydrogen (secondary N) is 1. The van der Waals surface area contributed by atoms with Crippen molar-refractivity contribution in [1.29, 1.82) is 0 Å². The molecule has 0 saturated carbocycles. The third-order valence-corrected chi connectivity index (χ3v) is 6.12. The lowest BCUT2D eigenvalue weighted by molar-refractivity contribution is -0.118. The largest absolute Gasteiger partial charge is 0.483 e. The van der Waals surface area contributed by atoms with E-state index in [1.807, 2.05) is 66.7 Å². The number of amides is 1. The number of ether oxygens (including phenoxy) is 1. The Morgan fingerprint density at radius 2 is 1.73 bits per heavy atom. The van der Waals surface area contributed by atoms with Gasteiger partial charge in [0.05, 0.1) is 5.69 Å². The van der Waals surface area contributed by atoms with Crippen LogP contribution in [-0.2, 0) is 11.2 Å². The van der Waals surface area contributed by atoms with E-state index < -0.39 is 0 Å². The van der Waals surface area contributed by atoms with Gasteiger partial charge in [-0.1, -0.05) is 83.8 Å². The van der Waals surface area contributed by atoms with Gasteiger partial charge in [-0.3, -0.25) is 4.79 Å². The molecule has 0 saturated heterocycles. The Morgan fingerprint density at radius 3 is 2.57 bits per heavy atom. The normalized spacial score (nSPS) is 10.5. The highest BCUT2D eigenvalue weighted by Crippen LogP contribution is 2.33. The molecule has 1 amide bonds. The first-order chi connectivity index (χ1) is 14.8. The topological polar surface area (TPSA) is 64.1 Å². The van der Waals surface area contributed by atoms with Crippen LogP contribution in [0.15, 0.2) is 93.6 Å². The van der Waals surface area contributed by atoms with Gasteiger partial charge in [-0.05, 0) is 29.3 Å². The maximum atomic E-state index is 12.5. The molecule has 3 aromatic carbocycles. The van der Waals surface area contributed by atoms with Crippen LogP contribution >= 0.6 is 23.1 Å². The van der Waals surface area contributed by atoms with Gasteiger partial charge in [0.2, 0.25) is 0 Å². The Balaban J connectivity index is 1.39. The molecular weight excluding hydrogens is 414 g/mol. The average molecular weight is 434 g/mol. The number of para-hydroxylation sites is 2. The summed E-state index contributed by atoms with van der Waals surface area (Å²) in [6.07, 6.45) is 0.750. The molecule has 1 heterocycles. The number of nitrogens with zero attached hydrogens (tertiary/aromatic N) is 2. The van der Waals surface area contributed by atoms with Crippen LogP contribution in [-0.4, -0.2) is 22.7 Å². The highest BCUT2D eigenvalue weighted by molar-refractivity contribution is 8.01. The standard InChI is InChI=1S/C23H19N3O2S2/c27-22(25-19-11-5-7-13-21(19)30-23-26-24-16-29-23)15-28-20-12-6-4-10-18(20)14-17-8-2-1-3-9-17/h1-13,16H,14-15H2,(H,25,27). The summed E-state index contributed by atoms with van der Waals surface area (Å²) < 4.78 is 6.67. The minimum absolute atomic E-state index is 0.0659. The molecule has 150 valence electrons. The number of anilines is 1. The first-order valence-corrected chi connectivity index (χ1v) is 11.0. The minimum Gasteiger partial charge on any atom is -0.483 e. The third kappa shape index (κ3) is 5.46. The molecule has 0 aliphatic heterocycles. The zero-order valence-electron chi connectivity index (χ0n) is 16.0. The number of hydrogen-bond acceptors (Lipinski definition) is 6. The summed E-state index contributed by atoms with van der Waals surface area (Å²) in [5.74, 6) is 0.503. The number of aromatic nitrogens is 2. The average Bonchev–Trinajstić information content (AvgIpc) is 3.28. The van der Waals surface area contributed by atoms with Gasteiger partial charge in [0.25, 0.3) is 5.91 Å². The third-order valence-electron chi connectivity index (χ3n) is 4.27. The van der Waals surface area contributed by atoms with Crippen molar-refractivity contribution in [2.24, 2.45) is 0 Å². The van der Waals surface area contributed by atoms with E-state index in [1.54, 1.807) is 5.51 Å². The van der Waals surface area contributed by atoms with Gasteiger partial charge in [-0.25, -0.2) is 0 Å². The zero-order valence-corrected chi connectivity index (χ0v) is 17.7. The molecule has 0 aliphatic rings. The van der Waals surface area contributed by atoms with Crippen molar-refractivity contribution in [2.45, 2.75) is 15.7 Å². The van der Waals surface area contributed by atoms with E-state index in [2.05, 4.69) is 27.6 Å².